The molecule has 0 bridgehead atoms. The fourth-order valence-electron chi connectivity index (χ4n) is 2.93. The van der Waals surface area contributed by atoms with Gasteiger partial charge in [-0.3, -0.25) is 4.98 Å². The van der Waals surface area contributed by atoms with Gasteiger partial charge in [-0.05, 0) is 37.5 Å². The van der Waals surface area contributed by atoms with E-state index in [-0.39, 0.29) is 18.0 Å². The van der Waals surface area contributed by atoms with E-state index in [9.17, 15) is 9.59 Å². The van der Waals surface area contributed by atoms with Gasteiger partial charge >= 0.3 is 11.4 Å². The zero-order valence-electron chi connectivity index (χ0n) is 13.9. The number of anilines is 1. The summed E-state index contributed by atoms with van der Waals surface area (Å²) in [5.41, 5.74) is 0.348. The number of nitrogens with one attached hydrogen (secondary N) is 2. The Balaban J connectivity index is 1.82. The summed E-state index contributed by atoms with van der Waals surface area (Å²) >= 11 is 0. The number of aromatic amines is 1. The number of benzene rings is 1. The van der Waals surface area contributed by atoms with Crippen molar-refractivity contribution < 1.29 is 4.74 Å². The van der Waals surface area contributed by atoms with Crippen molar-refractivity contribution in [1.82, 2.24) is 14.5 Å². The van der Waals surface area contributed by atoms with Crippen molar-refractivity contribution in [2.45, 2.75) is 31.8 Å². The van der Waals surface area contributed by atoms with E-state index in [1.165, 1.54) is 0 Å². The summed E-state index contributed by atoms with van der Waals surface area (Å²) in [6.07, 6.45) is 1.24. The van der Waals surface area contributed by atoms with Crippen LogP contribution in [0.15, 0.2) is 33.9 Å². The standard InChI is InChI=1S/C17H19N5O3/c1-11(13-4-2-3-12(9-13)10-18)19-15-20-16(23)22(17(24)21-15)14-5-7-25-8-6-14/h2-4,9,11,14H,5-8H2,1H3,(H2,19,20,21,23,24)/t11-/m0/s1. The second-order valence-corrected chi connectivity index (χ2v) is 5.99. The first-order chi connectivity index (χ1) is 12.1. The third-order valence-corrected chi connectivity index (χ3v) is 4.28. The topological polar surface area (TPSA) is 113 Å². The first-order valence-corrected chi connectivity index (χ1v) is 8.15. The molecule has 2 N–H and O–H groups in total. The fraction of sp³-hybridized carbons (Fsp3) is 0.412. The van der Waals surface area contributed by atoms with Crippen molar-refractivity contribution in [2.75, 3.05) is 18.5 Å². The molecule has 8 heteroatoms. The van der Waals surface area contributed by atoms with Gasteiger partial charge in [0.2, 0.25) is 5.95 Å². The molecular formula is C17H19N5O3. The molecule has 25 heavy (non-hydrogen) atoms. The number of H-pyrrole nitrogens is 1. The SMILES string of the molecule is C[C@H](Nc1nc(=O)n(C2CCOCC2)c(=O)[nH]1)c1cccc(C#N)c1. The maximum Gasteiger partial charge on any atom is 0.355 e. The van der Waals surface area contributed by atoms with Gasteiger partial charge in [-0.15, -0.1) is 0 Å². The normalized spacial score (nSPS) is 16.2. The number of hydrogen-bond acceptors (Lipinski definition) is 6. The Morgan fingerprint density at radius 3 is 2.84 bits per heavy atom. The number of hydrogen-bond donors (Lipinski definition) is 2. The minimum absolute atomic E-state index is 0.119. The zero-order chi connectivity index (χ0) is 17.8. The average molecular weight is 341 g/mol. The van der Waals surface area contributed by atoms with Crippen LogP contribution in [0.1, 0.15) is 43.0 Å². The van der Waals surface area contributed by atoms with Gasteiger partial charge < -0.3 is 10.1 Å². The molecule has 130 valence electrons. The smallest absolute Gasteiger partial charge is 0.355 e. The molecule has 0 saturated carbocycles. The molecule has 0 unspecified atom stereocenters. The number of aromatic nitrogens is 3. The number of rotatable bonds is 4. The maximum atomic E-state index is 12.3. The van der Waals surface area contributed by atoms with E-state index in [0.29, 0.717) is 31.6 Å². The number of nitrogens with zero attached hydrogens (tertiary/aromatic N) is 3. The molecule has 1 aromatic heterocycles. The van der Waals surface area contributed by atoms with E-state index >= 15 is 0 Å². The van der Waals surface area contributed by atoms with Gasteiger partial charge in [0.05, 0.1) is 17.7 Å². The van der Waals surface area contributed by atoms with Crippen LogP contribution in [-0.2, 0) is 4.74 Å². The van der Waals surface area contributed by atoms with Gasteiger partial charge in [-0.2, -0.15) is 10.2 Å². The van der Waals surface area contributed by atoms with Crippen LogP contribution in [0.25, 0.3) is 0 Å². The van der Waals surface area contributed by atoms with E-state index in [4.69, 9.17) is 10.00 Å². The van der Waals surface area contributed by atoms with E-state index in [1.807, 2.05) is 13.0 Å². The van der Waals surface area contributed by atoms with Crippen LogP contribution in [0.2, 0.25) is 0 Å². The monoisotopic (exact) mass is 341 g/mol. The molecule has 1 saturated heterocycles. The Kier molecular flexibility index (Phi) is 4.95. The molecule has 0 spiro atoms. The molecule has 1 aromatic carbocycles. The van der Waals surface area contributed by atoms with Gasteiger partial charge in [0.1, 0.15) is 0 Å². The molecule has 1 aliphatic rings. The Morgan fingerprint density at radius 1 is 1.40 bits per heavy atom. The Morgan fingerprint density at radius 2 is 2.16 bits per heavy atom. The van der Waals surface area contributed by atoms with E-state index in [0.717, 1.165) is 10.1 Å². The summed E-state index contributed by atoms with van der Waals surface area (Å²) < 4.78 is 6.42. The highest BCUT2D eigenvalue weighted by Crippen LogP contribution is 2.18. The average Bonchev–Trinajstić information content (AvgIpc) is 2.62. The zero-order valence-corrected chi connectivity index (χ0v) is 13.9. The lowest BCUT2D eigenvalue weighted by atomic mass is 10.1. The third-order valence-electron chi connectivity index (χ3n) is 4.28. The molecule has 8 nitrogen and oxygen atoms in total. The quantitative estimate of drug-likeness (QED) is 0.867. The third kappa shape index (κ3) is 3.78. The molecule has 1 atom stereocenters. The molecule has 0 radical (unpaired) electrons. The molecule has 0 amide bonds. The molecule has 2 aromatic rings. The minimum atomic E-state index is -0.573. The molecular weight excluding hydrogens is 322 g/mol. The van der Waals surface area contributed by atoms with Gasteiger partial charge in [0.25, 0.3) is 0 Å². The van der Waals surface area contributed by atoms with Crippen LogP contribution in [0, 0.1) is 11.3 Å². The summed E-state index contributed by atoms with van der Waals surface area (Å²) in [5, 5.41) is 12.0. The molecule has 1 aliphatic heterocycles. The largest absolute Gasteiger partial charge is 0.381 e. The second-order valence-electron chi connectivity index (χ2n) is 5.99. The van der Waals surface area contributed by atoms with Crippen molar-refractivity contribution in [3.63, 3.8) is 0 Å². The van der Waals surface area contributed by atoms with Crippen molar-refractivity contribution in [2.24, 2.45) is 0 Å². The first-order valence-electron chi connectivity index (χ1n) is 8.15. The Bertz CT molecular complexity index is 874. The predicted molar refractivity (Wildman–Crippen MR) is 91.4 cm³/mol. The lowest BCUT2D eigenvalue weighted by Gasteiger charge is -2.23. The van der Waals surface area contributed by atoms with E-state index in [2.05, 4.69) is 21.4 Å². The summed E-state index contributed by atoms with van der Waals surface area (Å²) in [5.74, 6) is 0.119. The summed E-state index contributed by atoms with van der Waals surface area (Å²) in [6, 6.07) is 8.78. The van der Waals surface area contributed by atoms with Crippen molar-refractivity contribution in [1.29, 1.82) is 5.26 Å². The van der Waals surface area contributed by atoms with Crippen molar-refractivity contribution in [3.8, 4) is 6.07 Å². The predicted octanol–water partition coefficient (Wildman–Crippen LogP) is 1.33. The second kappa shape index (κ2) is 7.32. The fourth-order valence-corrected chi connectivity index (χ4v) is 2.93. The van der Waals surface area contributed by atoms with Gasteiger partial charge in [0.15, 0.2) is 0 Å². The minimum Gasteiger partial charge on any atom is -0.381 e. The highest BCUT2D eigenvalue weighted by molar-refractivity contribution is 5.37. The molecule has 1 fully saturated rings. The number of nitriles is 1. The molecule has 0 aliphatic carbocycles. The van der Waals surface area contributed by atoms with Crippen LogP contribution < -0.4 is 16.7 Å². The van der Waals surface area contributed by atoms with Crippen molar-refractivity contribution in [3.05, 3.63) is 56.4 Å². The van der Waals surface area contributed by atoms with Crippen LogP contribution >= 0.6 is 0 Å². The lowest BCUT2D eigenvalue weighted by Crippen LogP contribution is -2.42. The van der Waals surface area contributed by atoms with E-state index in [1.54, 1.807) is 18.2 Å². The summed E-state index contributed by atoms with van der Waals surface area (Å²) in [7, 11) is 0. The van der Waals surface area contributed by atoms with Gasteiger partial charge in [-0.25, -0.2) is 14.2 Å². The van der Waals surface area contributed by atoms with Gasteiger partial charge in [-0.1, -0.05) is 12.1 Å². The highest BCUT2D eigenvalue weighted by Gasteiger charge is 2.20. The summed E-state index contributed by atoms with van der Waals surface area (Å²) in [4.78, 5) is 31.2. The van der Waals surface area contributed by atoms with Crippen LogP contribution in [0.4, 0.5) is 5.95 Å². The first kappa shape index (κ1) is 16.9. The van der Waals surface area contributed by atoms with Crippen LogP contribution in [0.3, 0.4) is 0 Å². The van der Waals surface area contributed by atoms with Gasteiger partial charge in [0, 0.05) is 19.3 Å². The van der Waals surface area contributed by atoms with Crippen molar-refractivity contribution >= 4 is 5.95 Å². The lowest BCUT2D eigenvalue weighted by molar-refractivity contribution is 0.0670. The maximum absolute atomic E-state index is 12.3. The highest BCUT2D eigenvalue weighted by atomic mass is 16.5. The Hall–Kier alpha value is -2.92. The number of ether oxygens (including phenoxy) is 1. The van der Waals surface area contributed by atoms with Crippen LogP contribution in [0.5, 0.6) is 0 Å². The van der Waals surface area contributed by atoms with E-state index < -0.39 is 11.4 Å². The van der Waals surface area contributed by atoms with Crippen LogP contribution in [-0.4, -0.2) is 27.7 Å². The molecule has 3 rings (SSSR count). The molecule has 2 heterocycles. The Labute approximate surface area is 144 Å². The summed E-state index contributed by atoms with van der Waals surface area (Å²) in [6.45, 7) is 2.92.